The molecule has 0 saturated carbocycles. The minimum absolute atomic E-state index is 0.00651. The number of fused-ring (bicyclic) bond motifs is 1. The van der Waals surface area contributed by atoms with E-state index in [4.69, 9.17) is 11.6 Å². The summed E-state index contributed by atoms with van der Waals surface area (Å²) in [5.41, 5.74) is 2.29. The smallest absolute Gasteiger partial charge is 0.358 e. The Morgan fingerprint density at radius 2 is 1.94 bits per heavy atom. The molecule has 1 radical (unpaired) electrons. The molecule has 1 aliphatic carbocycles. The highest BCUT2D eigenvalue weighted by atomic mass is 35.5. The summed E-state index contributed by atoms with van der Waals surface area (Å²) in [4.78, 5) is 10.0. The monoisotopic (exact) mass is 488 g/mol. The van der Waals surface area contributed by atoms with Gasteiger partial charge in [-0.2, -0.15) is 13.2 Å². The Morgan fingerprint density at radius 1 is 1.21 bits per heavy atom. The average Bonchev–Trinajstić information content (AvgIpc) is 3.37. The number of likely N-dealkylation sites (tertiary alicyclic amines) is 1. The van der Waals surface area contributed by atoms with Crippen LogP contribution in [0.1, 0.15) is 56.0 Å². The van der Waals surface area contributed by atoms with E-state index in [2.05, 4.69) is 27.0 Å². The molecule has 1 aliphatic heterocycles. The van der Waals surface area contributed by atoms with Crippen molar-refractivity contribution in [2.24, 2.45) is 0 Å². The molecule has 2 aliphatic rings. The first-order chi connectivity index (χ1) is 16.1. The zero-order chi connectivity index (χ0) is 24.3. The van der Waals surface area contributed by atoms with E-state index in [1.165, 1.54) is 18.2 Å². The summed E-state index contributed by atoms with van der Waals surface area (Å²) in [7, 11) is 0. The molecule has 8 heteroatoms. The summed E-state index contributed by atoms with van der Waals surface area (Å²) in [6, 6.07) is 8.77. The van der Waals surface area contributed by atoms with Gasteiger partial charge in [0.25, 0.3) is 0 Å². The minimum atomic E-state index is -4.55. The van der Waals surface area contributed by atoms with Crippen molar-refractivity contribution in [1.29, 1.82) is 0 Å². The summed E-state index contributed by atoms with van der Waals surface area (Å²) in [6.45, 7) is 4.86. The van der Waals surface area contributed by atoms with E-state index < -0.39 is 17.3 Å². The molecule has 34 heavy (non-hydrogen) atoms. The molecule has 1 N–H and O–H groups in total. The molecular formula is C26H23ClF4N3. The van der Waals surface area contributed by atoms with E-state index in [-0.39, 0.29) is 22.3 Å². The van der Waals surface area contributed by atoms with E-state index in [0.29, 0.717) is 11.3 Å². The lowest BCUT2D eigenvalue weighted by Gasteiger charge is -2.39. The van der Waals surface area contributed by atoms with Gasteiger partial charge in [-0.3, -0.25) is 0 Å². The molecule has 3 nitrogen and oxygen atoms in total. The highest BCUT2D eigenvalue weighted by Crippen LogP contribution is 2.45. The number of alkyl halides is 3. The van der Waals surface area contributed by atoms with Gasteiger partial charge in [-0.1, -0.05) is 29.8 Å². The van der Waals surface area contributed by atoms with Gasteiger partial charge >= 0.3 is 6.18 Å². The predicted molar refractivity (Wildman–Crippen MR) is 124 cm³/mol. The Kier molecular flexibility index (Phi) is 5.51. The second-order valence-electron chi connectivity index (χ2n) is 9.18. The third-order valence-electron chi connectivity index (χ3n) is 6.91. The van der Waals surface area contributed by atoms with Crippen molar-refractivity contribution in [2.45, 2.75) is 50.7 Å². The number of allylic oxidation sites excluding steroid dienone is 3. The number of aromatic amines is 1. The molecule has 0 amide bonds. The van der Waals surface area contributed by atoms with Crippen LogP contribution in [0.5, 0.6) is 0 Å². The largest absolute Gasteiger partial charge is 0.417 e. The van der Waals surface area contributed by atoms with E-state index in [1.54, 1.807) is 12.1 Å². The lowest BCUT2D eigenvalue weighted by molar-refractivity contribution is -0.137. The highest BCUT2D eigenvalue weighted by Gasteiger charge is 2.43. The van der Waals surface area contributed by atoms with Crippen molar-refractivity contribution in [1.82, 2.24) is 14.9 Å². The number of hydrogen-bond donors (Lipinski definition) is 1. The van der Waals surface area contributed by atoms with Gasteiger partial charge in [-0.05, 0) is 74.6 Å². The van der Waals surface area contributed by atoms with Gasteiger partial charge in [0.05, 0.1) is 27.2 Å². The standard InChI is InChI=1S/C26H23ClF4N3/c1-15-4-5-17(16-6-8-18(28)9-7-16)12-23(15)34-11-3-10-25(34,2)24-32-21-13-19(26(29,30)31)20(27)14-22(21)33-24/h4,6-9,13-14,17H,3,5,10-11H2,1-2H3,(H,32,33)/t17?,25-/m0/s1. The van der Waals surface area contributed by atoms with Gasteiger partial charge in [0.1, 0.15) is 11.6 Å². The number of nitrogens with one attached hydrogen (secondary N) is 1. The Morgan fingerprint density at radius 3 is 2.65 bits per heavy atom. The third kappa shape index (κ3) is 3.90. The number of hydrogen-bond acceptors (Lipinski definition) is 2. The summed E-state index contributed by atoms with van der Waals surface area (Å²) in [6.07, 6.45) is 3.69. The Labute approximate surface area is 200 Å². The van der Waals surface area contributed by atoms with Crippen LogP contribution in [0.25, 0.3) is 11.0 Å². The first-order valence-corrected chi connectivity index (χ1v) is 11.5. The Hall–Kier alpha value is -2.80. The molecule has 2 aromatic carbocycles. The fourth-order valence-electron chi connectivity index (χ4n) is 5.01. The van der Waals surface area contributed by atoms with Crippen LogP contribution in [0.3, 0.4) is 0 Å². The maximum atomic E-state index is 13.4. The fourth-order valence-corrected chi connectivity index (χ4v) is 5.28. The highest BCUT2D eigenvalue weighted by molar-refractivity contribution is 6.32. The zero-order valence-electron chi connectivity index (χ0n) is 18.7. The SMILES string of the molecule is CC1=CCC(c2ccc(F)cc2)[C]=C1N1CCC[C@@]1(C)c1nc2cc(C(F)(F)F)c(Cl)cc2[nH]1. The molecule has 177 valence electrons. The molecular weight excluding hydrogens is 466 g/mol. The summed E-state index contributed by atoms with van der Waals surface area (Å²) >= 11 is 5.92. The fraction of sp³-hybridized carbons (Fsp3) is 0.346. The lowest BCUT2D eigenvalue weighted by Crippen LogP contribution is -2.40. The molecule has 0 spiro atoms. The molecule has 2 heterocycles. The molecule has 1 aromatic heterocycles. The molecule has 0 bridgehead atoms. The van der Waals surface area contributed by atoms with Gasteiger partial charge in [-0.15, -0.1) is 0 Å². The number of nitrogens with zero attached hydrogens (tertiary/aromatic N) is 2. The zero-order valence-corrected chi connectivity index (χ0v) is 19.5. The number of rotatable bonds is 3. The second-order valence-corrected chi connectivity index (χ2v) is 9.59. The Balaban J connectivity index is 1.54. The van der Waals surface area contributed by atoms with Crippen LogP contribution in [0.2, 0.25) is 5.02 Å². The minimum Gasteiger partial charge on any atom is -0.358 e. The van der Waals surface area contributed by atoms with Crippen LogP contribution in [-0.2, 0) is 11.7 Å². The molecule has 2 atom stereocenters. The number of halogens is 5. The van der Waals surface area contributed by atoms with E-state index in [1.807, 2.05) is 13.8 Å². The second kappa shape index (κ2) is 8.15. The van der Waals surface area contributed by atoms with Crippen molar-refractivity contribution in [3.05, 3.63) is 87.6 Å². The number of aromatic nitrogens is 2. The summed E-state index contributed by atoms with van der Waals surface area (Å²) in [5.74, 6) is 0.315. The number of imidazole rings is 1. The lowest BCUT2D eigenvalue weighted by atomic mass is 9.87. The molecule has 3 aromatic rings. The van der Waals surface area contributed by atoms with Gasteiger partial charge in [0, 0.05) is 18.2 Å². The van der Waals surface area contributed by atoms with Crippen LogP contribution >= 0.6 is 11.6 Å². The van der Waals surface area contributed by atoms with Crippen LogP contribution in [0, 0.1) is 11.9 Å². The van der Waals surface area contributed by atoms with E-state index in [0.717, 1.165) is 48.7 Å². The van der Waals surface area contributed by atoms with E-state index in [9.17, 15) is 17.6 Å². The van der Waals surface area contributed by atoms with Crippen LogP contribution in [0.4, 0.5) is 17.6 Å². The van der Waals surface area contributed by atoms with Gasteiger partial charge < -0.3 is 9.88 Å². The van der Waals surface area contributed by atoms with Crippen LogP contribution < -0.4 is 0 Å². The van der Waals surface area contributed by atoms with Crippen molar-refractivity contribution >= 4 is 22.6 Å². The summed E-state index contributed by atoms with van der Waals surface area (Å²) < 4.78 is 53.4. The van der Waals surface area contributed by atoms with Gasteiger partial charge in [0.15, 0.2) is 0 Å². The van der Waals surface area contributed by atoms with Crippen molar-refractivity contribution in [3.8, 4) is 0 Å². The van der Waals surface area contributed by atoms with Gasteiger partial charge in [-0.25, -0.2) is 9.37 Å². The molecule has 1 fully saturated rings. The van der Waals surface area contributed by atoms with E-state index >= 15 is 0 Å². The normalized spacial score (nSPS) is 23.4. The quantitative estimate of drug-likeness (QED) is 0.387. The Bertz CT molecular complexity index is 1310. The molecule has 1 saturated heterocycles. The van der Waals surface area contributed by atoms with Crippen LogP contribution in [-0.4, -0.2) is 21.4 Å². The average molecular weight is 489 g/mol. The maximum Gasteiger partial charge on any atom is 0.417 e. The van der Waals surface area contributed by atoms with Crippen molar-refractivity contribution in [2.75, 3.05) is 6.54 Å². The maximum absolute atomic E-state index is 13.4. The van der Waals surface area contributed by atoms with Crippen molar-refractivity contribution in [3.63, 3.8) is 0 Å². The van der Waals surface area contributed by atoms with Crippen LogP contribution in [0.15, 0.2) is 53.7 Å². The first kappa shape index (κ1) is 23.0. The number of H-pyrrole nitrogens is 1. The molecule has 5 rings (SSSR count). The predicted octanol–water partition coefficient (Wildman–Crippen LogP) is 7.51. The van der Waals surface area contributed by atoms with Crippen molar-refractivity contribution < 1.29 is 17.6 Å². The molecule has 1 unspecified atom stereocenters. The van der Waals surface area contributed by atoms with Gasteiger partial charge in [0.2, 0.25) is 0 Å². The first-order valence-electron chi connectivity index (χ1n) is 11.2. The topological polar surface area (TPSA) is 31.9 Å². The summed E-state index contributed by atoms with van der Waals surface area (Å²) in [5, 5.41) is -0.354. The third-order valence-corrected chi connectivity index (χ3v) is 7.23. The number of benzene rings is 2.